The molecule has 0 aromatic heterocycles. The van der Waals surface area contributed by atoms with Crippen molar-refractivity contribution in [2.24, 2.45) is 0 Å². The van der Waals surface area contributed by atoms with Gasteiger partial charge in [0.25, 0.3) is 0 Å². The third-order valence-corrected chi connectivity index (χ3v) is 2.48. The van der Waals surface area contributed by atoms with Crippen LogP contribution >= 0.6 is 0 Å². The molecule has 0 unspecified atom stereocenters. The molecule has 0 heterocycles. The van der Waals surface area contributed by atoms with E-state index in [0.717, 1.165) is 16.8 Å². The van der Waals surface area contributed by atoms with Crippen LogP contribution in [0.2, 0.25) is 0 Å². The molecule has 0 saturated carbocycles. The van der Waals surface area contributed by atoms with Crippen molar-refractivity contribution in [1.29, 1.82) is 0 Å². The minimum absolute atomic E-state index is 0.172. The van der Waals surface area contributed by atoms with Crippen molar-refractivity contribution in [2.75, 3.05) is 12.4 Å². The summed E-state index contributed by atoms with van der Waals surface area (Å²) in [5.74, 6) is 0.172. The Morgan fingerprint density at radius 2 is 1.87 bits per heavy atom. The van der Waals surface area contributed by atoms with E-state index >= 15 is 0 Å². The molecule has 1 aliphatic rings. The van der Waals surface area contributed by atoms with Crippen molar-refractivity contribution in [3.8, 4) is 0 Å². The molecule has 0 radical (unpaired) electrons. The Morgan fingerprint density at radius 1 is 1.13 bits per heavy atom. The largest absolute Gasteiger partial charge is 0.388 e. The molecule has 2 nitrogen and oxygen atoms in total. The Labute approximate surface area is 89.3 Å². The summed E-state index contributed by atoms with van der Waals surface area (Å²) in [6, 6.07) is 8.16. The van der Waals surface area contributed by atoms with Gasteiger partial charge in [0.2, 0.25) is 0 Å². The van der Waals surface area contributed by atoms with Crippen LogP contribution in [0, 0.1) is 0 Å². The summed E-state index contributed by atoms with van der Waals surface area (Å²) in [5.41, 5.74) is 3.37. The Hall–Kier alpha value is -1.83. The monoisotopic (exact) mass is 199 g/mol. The van der Waals surface area contributed by atoms with E-state index in [1.165, 1.54) is 0 Å². The zero-order chi connectivity index (χ0) is 10.7. The molecule has 2 rings (SSSR count). The number of anilines is 1. The molecule has 0 saturated heterocycles. The highest BCUT2D eigenvalue weighted by Gasteiger charge is 2.05. The van der Waals surface area contributed by atoms with E-state index in [1.54, 1.807) is 6.08 Å². The first-order valence-electron chi connectivity index (χ1n) is 4.99. The molecule has 1 N–H and O–H groups in total. The number of benzene rings is 1. The lowest BCUT2D eigenvalue weighted by Crippen LogP contribution is -1.96. The van der Waals surface area contributed by atoms with Gasteiger partial charge in [0.05, 0.1) is 0 Å². The Balaban J connectivity index is 2.23. The van der Waals surface area contributed by atoms with Gasteiger partial charge < -0.3 is 5.32 Å². The molecule has 1 aromatic carbocycles. The fourth-order valence-electron chi connectivity index (χ4n) is 1.57. The van der Waals surface area contributed by atoms with Gasteiger partial charge in [0.1, 0.15) is 0 Å². The number of rotatable bonds is 2. The molecule has 0 atom stereocenters. The number of ketones is 1. The van der Waals surface area contributed by atoms with E-state index in [-0.39, 0.29) is 5.78 Å². The summed E-state index contributed by atoms with van der Waals surface area (Å²) < 4.78 is 0. The maximum atomic E-state index is 11.0. The maximum Gasteiger partial charge on any atom is 0.159 e. The van der Waals surface area contributed by atoms with Crippen LogP contribution in [0.1, 0.15) is 12.0 Å². The predicted molar refractivity (Wildman–Crippen MR) is 62.7 cm³/mol. The second kappa shape index (κ2) is 4.13. The smallest absolute Gasteiger partial charge is 0.159 e. The first kappa shape index (κ1) is 9.71. The van der Waals surface area contributed by atoms with Gasteiger partial charge in [-0.15, -0.1) is 0 Å². The Bertz CT molecular complexity index is 426. The van der Waals surface area contributed by atoms with Crippen LogP contribution in [0.5, 0.6) is 0 Å². The van der Waals surface area contributed by atoms with Crippen molar-refractivity contribution in [2.45, 2.75) is 6.42 Å². The van der Waals surface area contributed by atoms with E-state index in [0.29, 0.717) is 6.42 Å². The molecule has 0 amide bonds. The highest BCUT2D eigenvalue weighted by atomic mass is 16.1. The van der Waals surface area contributed by atoms with Crippen LogP contribution in [0.15, 0.2) is 42.5 Å². The molecule has 0 spiro atoms. The highest BCUT2D eigenvalue weighted by Crippen LogP contribution is 2.21. The number of hydrogen-bond donors (Lipinski definition) is 1. The summed E-state index contributed by atoms with van der Waals surface area (Å²) in [7, 11) is 1.90. The van der Waals surface area contributed by atoms with Gasteiger partial charge in [0, 0.05) is 19.2 Å². The summed E-state index contributed by atoms with van der Waals surface area (Å²) in [4.78, 5) is 11.0. The van der Waals surface area contributed by atoms with Gasteiger partial charge in [-0.05, 0) is 29.3 Å². The summed E-state index contributed by atoms with van der Waals surface area (Å²) in [6.07, 6.45) is 6.00. The SMILES string of the molecule is CNc1ccc(C2=CCC(=O)C=C2)cc1. The lowest BCUT2D eigenvalue weighted by molar-refractivity contribution is -0.113. The number of allylic oxidation sites excluding steroid dienone is 4. The number of carbonyl (C=O) groups excluding carboxylic acids is 1. The summed E-state index contributed by atoms with van der Waals surface area (Å²) >= 11 is 0. The first-order valence-corrected chi connectivity index (χ1v) is 4.99. The zero-order valence-electron chi connectivity index (χ0n) is 8.66. The van der Waals surface area contributed by atoms with Gasteiger partial charge >= 0.3 is 0 Å². The van der Waals surface area contributed by atoms with E-state index in [1.807, 2.05) is 31.3 Å². The Morgan fingerprint density at radius 3 is 2.40 bits per heavy atom. The van der Waals surface area contributed by atoms with Gasteiger partial charge in [0.15, 0.2) is 5.78 Å². The van der Waals surface area contributed by atoms with Crippen molar-refractivity contribution in [3.05, 3.63) is 48.1 Å². The Kier molecular flexibility index (Phi) is 2.68. The van der Waals surface area contributed by atoms with Crippen molar-refractivity contribution in [3.63, 3.8) is 0 Å². The normalized spacial score (nSPS) is 15.0. The molecule has 15 heavy (non-hydrogen) atoms. The molecular formula is C13H13NO. The van der Waals surface area contributed by atoms with Crippen molar-refractivity contribution in [1.82, 2.24) is 0 Å². The molecule has 76 valence electrons. The quantitative estimate of drug-likeness (QED) is 0.793. The van der Waals surface area contributed by atoms with Crippen LogP contribution in [0.4, 0.5) is 5.69 Å². The van der Waals surface area contributed by atoms with E-state index in [2.05, 4.69) is 17.4 Å². The van der Waals surface area contributed by atoms with Crippen molar-refractivity contribution >= 4 is 17.0 Å². The minimum Gasteiger partial charge on any atom is -0.388 e. The third-order valence-electron chi connectivity index (χ3n) is 2.48. The van der Waals surface area contributed by atoms with Crippen LogP contribution in [-0.2, 0) is 4.79 Å². The molecule has 0 aliphatic heterocycles. The first-order chi connectivity index (χ1) is 7.29. The summed E-state index contributed by atoms with van der Waals surface area (Å²) in [6.45, 7) is 0. The zero-order valence-corrected chi connectivity index (χ0v) is 8.66. The number of hydrogen-bond acceptors (Lipinski definition) is 2. The van der Waals surface area contributed by atoms with Crippen molar-refractivity contribution < 1.29 is 4.79 Å². The van der Waals surface area contributed by atoms with E-state index in [9.17, 15) is 4.79 Å². The van der Waals surface area contributed by atoms with Gasteiger partial charge in [-0.3, -0.25) is 4.79 Å². The number of carbonyl (C=O) groups is 1. The molecule has 1 aromatic rings. The van der Waals surface area contributed by atoms with Crippen LogP contribution in [0.25, 0.3) is 5.57 Å². The second-order valence-corrected chi connectivity index (χ2v) is 3.49. The van der Waals surface area contributed by atoms with Crippen LogP contribution in [-0.4, -0.2) is 12.8 Å². The number of nitrogens with one attached hydrogen (secondary N) is 1. The molecular weight excluding hydrogens is 186 g/mol. The maximum absolute atomic E-state index is 11.0. The topological polar surface area (TPSA) is 29.1 Å². The lowest BCUT2D eigenvalue weighted by Gasteiger charge is -2.07. The van der Waals surface area contributed by atoms with Crippen LogP contribution < -0.4 is 5.32 Å². The second-order valence-electron chi connectivity index (χ2n) is 3.49. The van der Waals surface area contributed by atoms with Crippen LogP contribution in [0.3, 0.4) is 0 Å². The summed E-state index contributed by atoms with van der Waals surface area (Å²) in [5, 5.41) is 3.07. The third kappa shape index (κ3) is 2.15. The minimum atomic E-state index is 0.172. The fraction of sp³-hybridized carbons (Fsp3) is 0.154. The average molecular weight is 199 g/mol. The molecule has 0 bridgehead atoms. The van der Waals surface area contributed by atoms with E-state index < -0.39 is 0 Å². The molecule has 0 fully saturated rings. The lowest BCUT2D eigenvalue weighted by atomic mass is 9.99. The highest BCUT2D eigenvalue weighted by molar-refractivity contribution is 5.97. The molecule has 2 heteroatoms. The van der Waals surface area contributed by atoms with E-state index in [4.69, 9.17) is 0 Å². The van der Waals surface area contributed by atoms with Gasteiger partial charge in [-0.2, -0.15) is 0 Å². The molecule has 1 aliphatic carbocycles. The average Bonchev–Trinajstić information content (AvgIpc) is 2.30. The predicted octanol–water partition coefficient (Wildman–Crippen LogP) is 2.64. The standard InChI is InChI=1S/C13H13NO/c1-14-12-6-2-10(3-7-12)11-4-8-13(15)9-5-11/h2-8,14H,9H2,1H3. The van der Waals surface area contributed by atoms with Gasteiger partial charge in [-0.1, -0.05) is 24.3 Å². The van der Waals surface area contributed by atoms with Gasteiger partial charge in [-0.25, -0.2) is 0 Å². The fourth-order valence-corrected chi connectivity index (χ4v) is 1.57.